The Morgan fingerprint density at radius 2 is 2.00 bits per heavy atom. The second-order valence-corrected chi connectivity index (χ2v) is 8.81. The van der Waals surface area contributed by atoms with Gasteiger partial charge in [0.15, 0.2) is 0 Å². The van der Waals surface area contributed by atoms with Crippen molar-refractivity contribution in [2.24, 2.45) is 10.7 Å². The van der Waals surface area contributed by atoms with Crippen molar-refractivity contribution in [1.82, 2.24) is 5.32 Å². The zero-order valence-corrected chi connectivity index (χ0v) is 18.3. The van der Waals surface area contributed by atoms with Gasteiger partial charge in [0, 0.05) is 21.0 Å². The van der Waals surface area contributed by atoms with Crippen LogP contribution < -0.4 is 16.0 Å². The van der Waals surface area contributed by atoms with Crippen molar-refractivity contribution >= 4 is 41.5 Å². The number of anilines is 1. The van der Waals surface area contributed by atoms with Crippen LogP contribution in [0.5, 0.6) is 0 Å². The molecule has 7 heteroatoms. The summed E-state index contributed by atoms with van der Waals surface area (Å²) in [6, 6.07) is 8.02. The highest BCUT2D eigenvalue weighted by atomic mass is 35.5. The van der Waals surface area contributed by atoms with Gasteiger partial charge in [-0.1, -0.05) is 30.1 Å². The van der Waals surface area contributed by atoms with Crippen molar-refractivity contribution in [3.05, 3.63) is 50.9 Å². The van der Waals surface area contributed by atoms with Crippen LogP contribution in [0.1, 0.15) is 34.9 Å². The molecule has 144 valence electrons. The smallest absolute Gasteiger partial charge is 0.104 e. The predicted octanol–water partition coefficient (Wildman–Crippen LogP) is 3.34. The first-order valence-corrected chi connectivity index (χ1v) is 10.7. The fourth-order valence-electron chi connectivity index (χ4n) is 3.63. The van der Waals surface area contributed by atoms with E-state index in [0.717, 1.165) is 29.0 Å². The van der Waals surface area contributed by atoms with Gasteiger partial charge in [-0.25, -0.2) is 0 Å². The Balaban J connectivity index is 2.26. The second kappa shape index (κ2) is 8.35. The first-order chi connectivity index (χ1) is 12.9. The fraction of sp³-hybridized carbons (Fsp3) is 0.450. The number of nitrogens with one attached hydrogen (secondary N) is 1. The number of thiophene rings is 1. The Morgan fingerprint density at radius 1 is 1.33 bits per heavy atom. The molecule has 2 heterocycles. The zero-order valence-electron chi connectivity index (χ0n) is 16.7. The van der Waals surface area contributed by atoms with Crippen LogP contribution in [0.25, 0.3) is 0 Å². The number of aliphatic imine (C=N–C) groups is 1. The Morgan fingerprint density at radius 3 is 2.59 bits per heavy atom. The molecule has 1 aromatic carbocycles. The van der Waals surface area contributed by atoms with E-state index >= 15 is 0 Å². The topological polar surface area (TPSA) is 53.6 Å². The van der Waals surface area contributed by atoms with Crippen molar-refractivity contribution in [1.29, 1.82) is 0 Å². The highest BCUT2D eigenvalue weighted by Gasteiger charge is 2.35. The summed E-state index contributed by atoms with van der Waals surface area (Å²) in [4.78, 5) is 8.83. The van der Waals surface area contributed by atoms with Gasteiger partial charge in [0.2, 0.25) is 0 Å². The second-order valence-electron chi connectivity index (χ2n) is 7.17. The molecule has 0 radical (unpaired) electrons. The number of aryl methyl sites for hydroxylation is 1. The lowest BCUT2D eigenvalue weighted by atomic mass is 9.96. The van der Waals surface area contributed by atoms with Gasteiger partial charge in [0.25, 0.3) is 0 Å². The molecule has 3 rings (SSSR count). The maximum atomic E-state index is 6.79. The Labute approximate surface area is 172 Å². The average molecular weight is 403 g/mol. The molecule has 0 amide bonds. The van der Waals surface area contributed by atoms with Gasteiger partial charge >= 0.3 is 0 Å². The number of halogens is 1. The highest BCUT2D eigenvalue weighted by Crippen LogP contribution is 2.41. The van der Waals surface area contributed by atoms with Crippen LogP contribution in [0.2, 0.25) is 11.3 Å². The lowest BCUT2D eigenvalue weighted by Crippen LogP contribution is -2.56. The molecule has 4 nitrogen and oxygen atoms in total. The normalized spacial score (nSPS) is 20.8. The van der Waals surface area contributed by atoms with Crippen molar-refractivity contribution < 1.29 is 0 Å². The highest BCUT2D eigenvalue weighted by molar-refractivity contribution is 7.16. The number of hydrogen-bond donors (Lipinski definition) is 2. The summed E-state index contributed by atoms with van der Waals surface area (Å²) in [7, 11) is 4.16. The minimum atomic E-state index is -0.173. The van der Waals surface area contributed by atoms with E-state index in [1.807, 2.05) is 19.2 Å². The average Bonchev–Trinajstić information content (AvgIpc) is 2.87. The molecule has 1 aromatic heterocycles. The van der Waals surface area contributed by atoms with Crippen molar-refractivity contribution in [2.75, 3.05) is 11.9 Å². The van der Waals surface area contributed by atoms with Gasteiger partial charge in [0.05, 0.1) is 17.9 Å². The van der Waals surface area contributed by atoms with Gasteiger partial charge < -0.3 is 16.0 Å². The first-order valence-electron chi connectivity index (χ1n) is 9.54. The molecule has 2 aromatic rings. The van der Waals surface area contributed by atoms with Crippen molar-refractivity contribution in [3.8, 4) is 0 Å². The van der Waals surface area contributed by atoms with E-state index in [1.54, 1.807) is 11.3 Å². The predicted molar refractivity (Wildman–Crippen MR) is 122 cm³/mol. The molecule has 1 aliphatic heterocycles. The Hall–Kier alpha value is -1.34. The minimum absolute atomic E-state index is 0.0378. The molecule has 3 N–H and O–H groups in total. The molecule has 0 bridgehead atoms. The van der Waals surface area contributed by atoms with Crippen molar-refractivity contribution in [3.63, 3.8) is 0 Å². The first kappa shape index (κ1) is 20.4. The third-order valence-corrected chi connectivity index (χ3v) is 6.86. The molecule has 27 heavy (non-hydrogen) atoms. The minimum Gasteiger partial charge on any atom is -0.330 e. The molecular formula is C20H28BClN4S. The third-order valence-electron chi connectivity index (χ3n) is 5.39. The van der Waals surface area contributed by atoms with Crippen molar-refractivity contribution in [2.45, 2.75) is 51.9 Å². The number of fused-ring (bicyclic) bond motifs is 1. The molecule has 3 atom stereocenters. The summed E-state index contributed by atoms with van der Waals surface area (Å²) < 4.78 is 0. The number of benzene rings is 1. The molecule has 0 aliphatic carbocycles. The lowest BCUT2D eigenvalue weighted by molar-refractivity contribution is 0.433. The number of nitrogens with zero attached hydrogens (tertiary/aromatic N) is 2. The van der Waals surface area contributed by atoms with Gasteiger partial charge in [-0.05, 0) is 51.9 Å². The number of nitrogens with two attached hydrogens (primary N) is 1. The maximum absolute atomic E-state index is 6.79. The van der Waals surface area contributed by atoms with Crippen LogP contribution in [-0.2, 0) is 0 Å². The summed E-state index contributed by atoms with van der Waals surface area (Å²) in [5, 5.41) is 5.31. The molecule has 3 unspecified atom stereocenters. The molecular weight excluding hydrogens is 375 g/mol. The quantitative estimate of drug-likeness (QED) is 0.754. The van der Waals surface area contributed by atoms with Crippen LogP contribution in [-0.4, -0.2) is 39.0 Å². The van der Waals surface area contributed by atoms with Gasteiger partial charge in [0.1, 0.15) is 19.0 Å². The van der Waals surface area contributed by atoms with Gasteiger partial charge in [-0.15, -0.1) is 11.3 Å². The Bertz CT molecular complexity index is 833. The zero-order chi connectivity index (χ0) is 19.7. The largest absolute Gasteiger partial charge is 0.330 e. The van der Waals surface area contributed by atoms with Crippen LogP contribution in [0.15, 0.2) is 29.3 Å². The molecule has 0 saturated carbocycles. The molecule has 0 spiro atoms. The molecule has 0 fully saturated rings. The standard InChI is InChI=1S/C20H28BClN4S/c1-11-12(2)27-20-17(11)18(14-5-7-15(22)8-6-14)25-16(9-10-21)19(23)26(20)13(3)24-4/h5-8,13,16,19,24H,9-10,21,23H2,1-4H3. The summed E-state index contributed by atoms with van der Waals surface area (Å²) in [6.45, 7) is 6.51. The number of rotatable bonds is 5. The molecule has 0 saturated heterocycles. The van der Waals surface area contributed by atoms with Crippen LogP contribution in [0.3, 0.4) is 0 Å². The van der Waals surface area contributed by atoms with E-state index in [2.05, 4.69) is 51.0 Å². The third kappa shape index (κ3) is 3.81. The summed E-state index contributed by atoms with van der Waals surface area (Å²) in [6.07, 6.45) is 1.95. The maximum Gasteiger partial charge on any atom is 0.104 e. The van der Waals surface area contributed by atoms with E-state index < -0.39 is 0 Å². The fourth-order valence-corrected chi connectivity index (χ4v) is 5.04. The van der Waals surface area contributed by atoms with E-state index in [0.29, 0.717) is 0 Å². The summed E-state index contributed by atoms with van der Waals surface area (Å²) >= 11 is 7.94. The van der Waals surface area contributed by atoms with Crippen LogP contribution in [0.4, 0.5) is 5.00 Å². The van der Waals surface area contributed by atoms with E-state index in [4.69, 9.17) is 22.3 Å². The Kier molecular flexibility index (Phi) is 6.31. The monoisotopic (exact) mass is 402 g/mol. The summed E-state index contributed by atoms with van der Waals surface area (Å²) in [5.41, 5.74) is 11.4. The number of hydrogen-bond acceptors (Lipinski definition) is 5. The van der Waals surface area contributed by atoms with E-state index in [9.17, 15) is 0 Å². The lowest BCUT2D eigenvalue weighted by Gasteiger charge is -2.37. The van der Waals surface area contributed by atoms with Crippen LogP contribution in [0, 0.1) is 13.8 Å². The van der Waals surface area contributed by atoms with E-state index in [-0.39, 0.29) is 18.4 Å². The summed E-state index contributed by atoms with van der Waals surface area (Å²) in [5.74, 6) is 0. The molecule has 1 aliphatic rings. The van der Waals surface area contributed by atoms with Gasteiger partial charge in [-0.2, -0.15) is 0 Å². The van der Waals surface area contributed by atoms with E-state index in [1.165, 1.54) is 21.0 Å². The van der Waals surface area contributed by atoms with Crippen LogP contribution >= 0.6 is 22.9 Å². The van der Waals surface area contributed by atoms with Gasteiger partial charge in [-0.3, -0.25) is 4.99 Å². The SMILES string of the molecule is BCCC1N=C(c2ccc(Cl)cc2)c2c(sc(C)c2C)N(C(C)NC)C1N.